The van der Waals surface area contributed by atoms with E-state index in [1.807, 2.05) is 0 Å². The van der Waals surface area contributed by atoms with Crippen LogP contribution in [0.25, 0.3) is 0 Å². The lowest BCUT2D eigenvalue weighted by molar-refractivity contribution is -0.255. The third-order valence-corrected chi connectivity index (χ3v) is 5.79. The average molecular weight is 380 g/mol. The monoisotopic (exact) mass is 380 g/mol. The molecule has 0 spiro atoms. The largest absolute Gasteiger partial charge is 0.473 e. The first kappa shape index (κ1) is 19.8. The van der Waals surface area contributed by atoms with Gasteiger partial charge in [-0.05, 0) is 56.9 Å². The molecule has 2 saturated heterocycles. The quantitative estimate of drug-likeness (QED) is 0.518. The highest BCUT2D eigenvalue weighted by atomic mass is 19.4. The molecule has 0 aromatic heterocycles. The average Bonchev–Trinajstić information content (AvgIpc) is 3.07. The fraction of sp³-hybridized carbons (Fsp3) is 0.941. The predicted molar refractivity (Wildman–Crippen MR) is 88.4 cm³/mol. The van der Waals surface area contributed by atoms with Crippen molar-refractivity contribution in [3.63, 3.8) is 0 Å². The van der Waals surface area contributed by atoms with E-state index in [2.05, 4.69) is 16.1 Å². The van der Waals surface area contributed by atoms with Crippen molar-refractivity contribution in [3.05, 3.63) is 0 Å². The van der Waals surface area contributed by atoms with Gasteiger partial charge in [-0.1, -0.05) is 12.8 Å². The van der Waals surface area contributed by atoms with Crippen molar-refractivity contribution in [2.75, 3.05) is 13.1 Å². The first-order valence-corrected chi connectivity index (χ1v) is 9.59. The maximum Gasteiger partial charge on any atom is 0.473 e. The van der Waals surface area contributed by atoms with Gasteiger partial charge in [-0.25, -0.2) is 9.82 Å². The minimum Gasteiger partial charge on any atom is -0.339 e. The number of hydrogen-bond donors (Lipinski definition) is 3. The van der Waals surface area contributed by atoms with Gasteiger partial charge in [-0.3, -0.25) is 10.1 Å². The van der Waals surface area contributed by atoms with E-state index in [1.54, 1.807) is 0 Å². The second kappa shape index (κ2) is 8.39. The van der Waals surface area contributed by atoms with Crippen LogP contribution in [0.1, 0.15) is 51.4 Å². The highest BCUT2D eigenvalue weighted by molar-refractivity contribution is 5.82. The first-order chi connectivity index (χ1) is 12.3. The molecule has 1 saturated carbocycles. The number of carbonyl (C=O) groups is 1. The van der Waals surface area contributed by atoms with Gasteiger partial charge >= 0.3 is 6.30 Å². The Morgan fingerprint density at radius 3 is 2.54 bits per heavy atom. The molecule has 0 aromatic carbocycles. The molecule has 0 bridgehead atoms. The van der Waals surface area contributed by atoms with Crippen LogP contribution in [-0.2, 0) is 4.79 Å². The molecule has 5 atom stereocenters. The number of alkyl halides is 4. The Bertz CT molecular complexity index is 482. The summed E-state index contributed by atoms with van der Waals surface area (Å²) in [5, 5.41) is 6.23. The van der Waals surface area contributed by atoms with Gasteiger partial charge in [0.15, 0.2) is 0 Å². The second-order valence-corrected chi connectivity index (χ2v) is 7.87. The number of piperidine rings is 1. The van der Waals surface area contributed by atoms with Gasteiger partial charge < -0.3 is 5.32 Å². The Morgan fingerprint density at radius 2 is 1.92 bits per heavy atom. The molecule has 9 heteroatoms. The minimum atomic E-state index is -4.47. The van der Waals surface area contributed by atoms with Crippen molar-refractivity contribution in [2.24, 2.45) is 11.8 Å². The molecule has 5 nitrogen and oxygen atoms in total. The van der Waals surface area contributed by atoms with Crippen molar-refractivity contribution in [1.29, 1.82) is 0 Å². The maximum atomic E-state index is 13.5. The molecule has 1 amide bonds. The number of halogens is 4. The topological polar surface area (TPSA) is 56.4 Å². The Balaban J connectivity index is 1.37. The van der Waals surface area contributed by atoms with E-state index in [9.17, 15) is 22.4 Å². The van der Waals surface area contributed by atoms with Gasteiger partial charge in [-0.15, -0.1) is 0 Å². The van der Waals surface area contributed by atoms with Crippen LogP contribution in [0, 0.1) is 11.8 Å². The smallest absolute Gasteiger partial charge is 0.339 e. The maximum absolute atomic E-state index is 13.5. The van der Waals surface area contributed by atoms with Crippen LogP contribution in [0.3, 0.4) is 0 Å². The minimum absolute atomic E-state index is 0.132. The number of amides is 1. The van der Waals surface area contributed by atoms with Gasteiger partial charge in [0.2, 0.25) is 5.91 Å². The zero-order valence-electron chi connectivity index (χ0n) is 14.8. The van der Waals surface area contributed by atoms with Crippen molar-refractivity contribution >= 4 is 5.91 Å². The summed E-state index contributed by atoms with van der Waals surface area (Å²) in [7, 11) is 0. The van der Waals surface area contributed by atoms with Gasteiger partial charge in [0.1, 0.15) is 12.2 Å². The second-order valence-electron chi connectivity index (χ2n) is 7.87. The van der Waals surface area contributed by atoms with Crippen LogP contribution < -0.4 is 16.1 Å². The fourth-order valence-electron chi connectivity index (χ4n) is 4.39. The standard InChI is InChI=1S/C17H28F4N4O/c18-13-3-1-2-11(9-13)8-12-4-5-15(22-10-12)23-16(26)14-6-7-25(24-14)17(19,20)21/h11-15,22,24H,1-10H2,(H,23,26). The lowest BCUT2D eigenvalue weighted by Crippen LogP contribution is -2.55. The molecule has 150 valence electrons. The van der Waals surface area contributed by atoms with E-state index in [0.717, 1.165) is 38.6 Å². The van der Waals surface area contributed by atoms with Gasteiger partial charge in [0.25, 0.3) is 0 Å². The predicted octanol–water partition coefficient (Wildman–Crippen LogP) is 2.45. The normalized spacial score (nSPS) is 36.8. The van der Waals surface area contributed by atoms with Crippen LogP contribution in [0.4, 0.5) is 17.6 Å². The number of hydrazine groups is 1. The number of rotatable bonds is 4. The van der Waals surface area contributed by atoms with Crippen LogP contribution >= 0.6 is 0 Å². The molecule has 3 N–H and O–H groups in total. The SMILES string of the molecule is O=C(NC1CCC(CC2CCCC(F)C2)CN1)C1CCN(C(F)(F)F)N1. The summed E-state index contributed by atoms with van der Waals surface area (Å²) >= 11 is 0. The molecule has 3 rings (SSSR count). The highest BCUT2D eigenvalue weighted by Crippen LogP contribution is 2.33. The van der Waals surface area contributed by atoms with Crippen molar-refractivity contribution < 1.29 is 22.4 Å². The summed E-state index contributed by atoms with van der Waals surface area (Å²) in [6, 6.07) is -0.847. The molecule has 26 heavy (non-hydrogen) atoms. The summed E-state index contributed by atoms with van der Waals surface area (Å²) in [6.45, 7) is 0.532. The van der Waals surface area contributed by atoms with E-state index in [-0.39, 0.29) is 24.1 Å². The number of carbonyl (C=O) groups excluding carboxylic acids is 1. The highest BCUT2D eigenvalue weighted by Gasteiger charge is 2.43. The van der Waals surface area contributed by atoms with Gasteiger partial charge in [0.05, 0.1) is 6.17 Å². The number of nitrogens with one attached hydrogen (secondary N) is 3. The Hall–Kier alpha value is -0.930. The fourth-order valence-corrected chi connectivity index (χ4v) is 4.39. The third-order valence-electron chi connectivity index (χ3n) is 5.79. The third kappa shape index (κ3) is 5.29. The van der Waals surface area contributed by atoms with Crippen LogP contribution in [-0.4, -0.2) is 48.7 Å². The number of hydrogen-bond acceptors (Lipinski definition) is 4. The van der Waals surface area contributed by atoms with E-state index in [1.165, 1.54) is 0 Å². The summed E-state index contributed by atoms with van der Waals surface area (Å²) in [5.74, 6) is 0.525. The zero-order valence-corrected chi connectivity index (χ0v) is 14.8. The molecule has 5 unspecified atom stereocenters. The first-order valence-electron chi connectivity index (χ1n) is 9.59. The van der Waals surface area contributed by atoms with Crippen molar-refractivity contribution in [2.45, 2.75) is 76.0 Å². The molecule has 3 aliphatic rings. The van der Waals surface area contributed by atoms with Crippen molar-refractivity contribution in [3.8, 4) is 0 Å². The van der Waals surface area contributed by atoms with E-state index >= 15 is 0 Å². The van der Waals surface area contributed by atoms with Crippen LogP contribution in [0.2, 0.25) is 0 Å². The molecule has 0 aromatic rings. The lowest BCUT2D eigenvalue weighted by atomic mass is 9.80. The molecular weight excluding hydrogens is 352 g/mol. The van der Waals surface area contributed by atoms with E-state index < -0.39 is 24.4 Å². The molecule has 2 heterocycles. The molecule has 0 radical (unpaired) electrons. The lowest BCUT2D eigenvalue weighted by Gasteiger charge is -2.34. The Morgan fingerprint density at radius 1 is 1.12 bits per heavy atom. The molecular formula is C17H28F4N4O. The van der Waals surface area contributed by atoms with Crippen LogP contribution in [0.15, 0.2) is 0 Å². The summed E-state index contributed by atoms with van der Waals surface area (Å²) in [6.07, 6.45) is 0.917. The summed E-state index contributed by atoms with van der Waals surface area (Å²) in [5.41, 5.74) is 2.22. The molecule has 1 aliphatic carbocycles. The molecule has 3 fully saturated rings. The summed E-state index contributed by atoms with van der Waals surface area (Å²) < 4.78 is 51.3. The van der Waals surface area contributed by atoms with E-state index in [0.29, 0.717) is 24.7 Å². The molecule has 2 aliphatic heterocycles. The Kier molecular flexibility index (Phi) is 6.40. The van der Waals surface area contributed by atoms with Gasteiger partial charge in [-0.2, -0.15) is 18.2 Å². The van der Waals surface area contributed by atoms with Gasteiger partial charge in [0, 0.05) is 6.54 Å². The number of nitrogens with zero attached hydrogens (tertiary/aromatic N) is 1. The van der Waals surface area contributed by atoms with Crippen LogP contribution in [0.5, 0.6) is 0 Å². The Labute approximate surface area is 151 Å². The zero-order chi connectivity index (χ0) is 18.7. The van der Waals surface area contributed by atoms with Crippen molar-refractivity contribution in [1.82, 2.24) is 21.1 Å². The summed E-state index contributed by atoms with van der Waals surface area (Å²) in [4.78, 5) is 12.2. The van der Waals surface area contributed by atoms with E-state index in [4.69, 9.17) is 0 Å².